The van der Waals surface area contributed by atoms with Crippen LogP contribution in [-0.4, -0.2) is 45.2 Å². The summed E-state index contributed by atoms with van der Waals surface area (Å²) in [6, 6.07) is 9.35. The number of ether oxygens (including phenoxy) is 3. The maximum atomic E-state index is 13.6. The van der Waals surface area contributed by atoms with Crippen LogP contribution in [0.1, 0.15) is 25.0 Å². The molecule has 2 aromatic carbocycles. The number of rotatable bonds is 2. The van der Waals surface area contributed by atoms with E-state index in [1.165, 1.54) is 6.92 Å². The third kappa shape index (κ3) is 2.24. The van der Waals surface area contributed by atoms with Crippen LogP contribution in [0.3, 0.4) is 0 Å². The van der Waals surface area contributed by atoms with E-state index in [4.69, 9.17) is 14.2 Å². The average Bonchev–Trinajstić information content (AvgIpc) is 3.19. The van der Waals surface area contributed by atoms with Crippen LogP contribution in [0.5, 0.6) is 17.2 Å². The highest BCUT2D eigenvalue weighted by Crippen LogP contribution is 2.56. The van der Waals surface area contributed by atoms with Crippen molar-refractivity contribution < 1.29 is 23.8 Å². The molecule has 0 radical (unpaired) electrons. The van der Waals surface area contributed by atoms with Gasteiger partial charge in [0, 0.05) is 37.7 Å². The van der Waals surface area contributed by atoms with E-state index in [0.717, 1.165) is 22.5 Å². The van der Waals surface area contributed by atoms with E-state index in [-0.39, 0.29) is 18.4 Å². The quantitative estimate of drug-likeness (QED) is 0.783. The Kier molecular flexibility index (Phi) is 3.78. The molecule has 1 unspecified atom stereocenters. The highest BCUT2D eigenvalue weighted by Gasteiger charge is 2.58. The number of likely N-dealkylation sites (N-methyl/N-ethyl adjacent to an activating group) is 1. The minimum absolute atomic E-state index is 0.0700. The number of hydrogen-bond donors (Lipinski definition) is 0. The molecule has 7 heteroatoms. The van der Waals surface area contributed by atoms with Crippen molar-refractivity contribution in [2.45, 2.75) is 19.3 Å². The zero-order valence-corrected chi connectivity index (χ0v) is 16.7. The van der Waals surface area contributed by atoms with E-state index < -0.39 is 5.41 Å². The topological polar surface area (TPSA) is 68.3 Å². The highest BCUT2D eigenvalue weighted by atomic mass is 16.6. The lowest BCUT2D eigenvalue weighted by molar-refractivity contribution is -0.122. The van der Waals surface area contributed by atoms with E-state index >= 15 is 0 Å². The monoisotopic (exact) mass is 394 g/mol. The van der Waals surface area contributed by atoms with Crippen LogP contribution in [0.25, 0.3) is 0 Å². The van der Waals surface area contributed by atoms with Gasteiger partial charge in [0.05, 0.1) is 11.4 Å². The van der Waals surface area contributed by atoms with Gasteiger partial charge < -0.3 is 24.0 Å². The van der Waals surface area contributed by atoms with Crippen molar-refractivity contribution in [1.82, 2.24) is 0 Å². The zero-order valence-electron chi connectivity index (χ0n) is 16.7. The Morgan fingerprint density at radius 3 is 2.55 bits per heavy atom. The molecule has 0 N–H and O–H groups in total. The molecule has 0 saturated carbocycles. The molecular formula is C22H22N2O5. The second kappa shape index (κ2) is 6.14. The molecule has 150 valence electrons. The Morgan fingerprint density at radius 2 is 1.86 bits per heavy atom. The van der Waals surface area contributed by atoms with Gasteiger partial charge in [-0.1, -0.05) is 6.07 Å². The molecule has 2 aromatic rings. The number of hydrogen-bond acceptors (Lipinski definition) is 5. The number of anilines is 2. The fourth-order valence-electron chi connectivity index (χ4n) is 4.71. The molecule has 29 heavy (non-hydrogen) atoms. The molecule has 0 saturated heterocycles. The van der Waals surface area contributed by atoms with Gasteiger partial charge >= 0.3 is 0 Å². The molecular weight excluding hydrogens is 372 g/mol. The Bertz CT molecular complexity index is 1050. The first-order valence-corrected chi connectivity index (χ1v) is 9.75. The molecule has 1 spiro atoms. The van der Waals surface area contributed by atoms with Gasteiger partial charge in [-0.2, -0.15) is 0 Å². The van der Waals surface area contributed by atoms with Gasteiger partial charge in [-0.25, -0.2) is 0 Å². The van der Waals surface area contributed by atoms with E-state index in [9.17, 15) is 9.59 Å². The molecule has 0 aliphatic carbocycles. The molecule has 3 aliphatic heterocycles. The molecule has 3 heterocycles. The fraction of sp³-hybridized carbons (Fsp3) is 0.364. The van der Waals surface area contributed by atoms with Gasteiger partial charge in [0.25, 0.3) is 0 Å². The first-order valence-electron chi connectivity index (χ1n) is 9.75. The molecule has 0 aromatic heterocycles. The van der Waals surface area contributed by atoms with Crippen molar-refractivity contribution in [3.8, 4) is 17.2 Å². The lowest BCUT2D eigenvalue weighted by Gasteiger charge is -2.28. The summed E-state index contributed by atoms with van der Waals surface area (Å²) in [7, 11) is 1.76. The number of benzene rings is 2. The molecule has 0 fully saturated rings. The van der Waals surface area contributed by atoms with Crippen LogP contribution >= 0.6 is 0 Å². The Labute approximate surface area is 168 Å². The molecule has 5 rings (SSSR count). The van der Waals surface area contributed by atoms with Crippen LogP contribution in [0, 0.1) is 0 Å². The Morgan fingerprint density at radius 1 is 1.14 bits per heavy atom. The van der Waals surface area contributed by atoms with Gasteiger partial charge in [0.1, 0.15) is 31.0 Å². The first kappa shape index (κ1) is 17.8. The maximum absolute atomic E-state index is 13.6. The summed E-state index contributed by atoms with van der Waals surface area (Å²) in [5.41, 5.74) is 2.07. The number of amides is 2. The van der Waals surface area contributed by atoms with Gasteiger partial charge in [0.15, 0.2) is 11.5 Å². The van der Waals surface area contributed by atoms with Gasteiger partial charge in [-0.05, 0) is 25.1 Å². The van der Waals surface area contributed by atoms with E-state index in [0.29, 0.717) is 37.0 Å². The van der Waals surface area contributed by atoms with Gasteiger partial charge in [-0.3, -0.25) is 9.59 Å². The highest BCUT2D eigenvalue weighted by molar-refractivity contribution is 6.14. The minimum Gasteiger partial charge on any atom is -0.491 e. The second-order valence-electron chi connectivity index (χ2n) is 7.48. The summed E-state index contributed by atoms with van der Waals surface area (Å²) in [4.78, 5) is 29.3. The summed E-state index contributed by atoms with van der Waals surface area (Å²) in [5.74, 6) is 1.71. The van der Waals surface area contributed by atoms with Crippen molar-refractivity contribution >= 4 is 23.2 Å². The molecule has 0 bridgehead atoms. The van der Waals surface area contributed by atoms with Crippen LogP contribution in [-0.2, 0) is 15.0 Å². The second-order valence-corrected chi connectivity index (χ2v) is 7.48. The fourth-order valence-corrected chi connectivity index (χ4v) is 4.71. The van der Waals surface area contributed by atoms with Crippen molar-refractivity contribution in [3.63, 3.8) is 0 Å². The van der Waals surface area contributed by atoms with Gasteiger partial charge in [-0.15, -0.1) is 0 Å². The largest absolute Gasteiger partial charge is 0.491 e. The summed E-state index contributed by atoms with van der Waals surface area (Å²) >= 11 is 0. The number of carbonyl (C=O) groups is 2. The maximum Gasteiger partial charge on any atom is 0.245 e. The van der Waals surface area contributed by atoms with Crippen molar-refractivity contribution in [2.24, 2.45) is 0 Å². The average molecular weight is 394 g/mol. The number of nitrogens with zero attached hydrogens (tertiary/aromatic N) is 2. The van der Waals surface area contributed by atoms with Crippen LogP contribution < -0.4 is 24.0 Å². The smallest absolute Gasteiger partial charge is 0.245 e. The van der Waals surface area contributed by atoms with E-state index in [2.05, 4.69) is 0 Å². The van der Waals surface area contributed by atoms with E-state index in [1.807, 2.05) is 31.2 Å². The van der Waals surface area contributed by atoms with Crippen LogP contribution in [0.4, 0.5) is 11.4 Å². The zero-order chi connectivity index (χ0) is 20.3. The Balaban J connectivity index is 1.78. The molecule has 2 amide bonds. The van der Waals surface area contributed by atoms with Crippen LogP contribution in [0.15, 0.2) is 30.3 Å². The molecule has 3 aliphatic rings. The minimum atomic E-state index is -1.02. The lowest BCUT2D eigenvalue weighted by atomic mass is 9.76. The van der Waals surface area contributed by atoms with Crippen molar-refractivity contribution in [2.75, 3.05) is 43.2 Å². The third-order valence-corrected chi connectivity index (χ3v) is 6.01. The molecule has 7 nitrogen and oxygen atoms in total. The van der Waals surface area contributed by atoms with Crippen LogP contribution in [0.2, 0.25) is 0 Å². The lowest BCUT2D eigenvalue weighted by Crippen LogP contribution is -2.42. The normalized spacial score (nSPS) is 21.1. The SMILES string of the molecule is CCN(C(C)=O)c1cccc2c1C1(COc3cc4c(cc31)OCCO4)C(=O)N2C. The standard InChI is InChI=1S/C22H22N2O5/c1-4-24(13(2)25)16-7-5-6-15-20(16)22(21(26)23(15)3)12-29-17-11-19-18(10-14(17)22)27-8-9-28-19/h5-7,10-11H,4,8-9,12H2,1-3H3. The summed E-state index contributed by atoms with van der Waals surface area (Å²) < 4.78 is 17.5. The first-order chi connectivity index (χ1) is 14.0. The predicted molar refractivity (Wildman–Crippen MR) is 107 cm³/mol. The van der Waals surface area contributed by atoms with E-state index in [1.54, 1.807) is 22.9 Å². The Hall–Kier alpha value is -3.22. The predicted octanol–water partition coefficient (Wildman–Crippen LogP) is 2.49. The number of fused-ring (bicyclic) bond motifs is 5. The van der Waals surface area contributed by atoms with Crippen molar-refractivity contribution in [3.05, 3.63) is 41.5 Å². The summed E-state index contributed by atoms with van der Waals surface area (Å²) in [6.45, 7) is 5.09. The van der Waals surface area contributed by atoms with Gasteiger partial charge in [0.2, 0.25) is 11.8 Å². The third-order valence-electron chi connectivity index (χ3n) is 6.01. The summed E-state index contributed by atoms with van der Waals surface area (Å²) in [5, 5.41) is 0. The molecule has 1 atom stereocenters. The summed E-state index contributed by atoms with van der Waals surface area (Å²) in [6.07, 6.45) is 0. The number of carbonyl (C=O) groups excluding carboxylic acids is 2. The van der Waals surface area contributed by atoms with Crippen molar-refractivity contribution in [1.29, 1.82) is 0 Å².